The number of likely N-dealkylation sites (tertiary alicyclic amines) is 1. The average molecular weight is 407 g/mol. The molecular weight excluding hydrogens is 382 g/mol. The van der Waals surface area contributed by atoms with Crippen LogP contribution in [-0.4, -0.2) is 74.7 Å². The number of nitrogens with one attached hydrogen (secondary N) is 2. The Balaban J connectivity index is 0.000000941. The molecule has 0 radical (unpaired) electrons. The van der Waals surface area contributed by atoms with Gasteiger partial charge in [0.15, 0.2) is 0 Å². The first-order valence-corrected chi connectivity index (χ1v) is 9.07. The first kappa shape index (κ1) is 22.0. The van der Waals surface area contributed by atoms with Crippen LogP contribution in [0.15, 0.2) is 17.0 Å². The predicted octanol–water partition coefficient (Wildman–Crippen LogP) is -0.494. The average Bonchev–Trinajstić information content (AvgIpc) is 3.35. The first-order chi connectivity index (χ1) is 14.0. The van der Waals surface area contributed by atoms with E-state index in [1.165, 1.54) is 7.05 Å². The number of aryl methyl sites for hydroxylation is 1. The quantitative estimate of drug-likeness (QED) is 0.538. The van der Waals surface area contributed by atoms with Crippen molar-refractivity contribution in [3.8, 4) is 0 Å². The van der Waals surface area contributed by atoms with Gasteiger partial charge in [0.25, 0.3) is 24.1 Å². The number of nitrogens with zero attached hydrogens (tertiary/aromatic N) is 5. The second-order valence-electron chi connectivity index (χ2n) is 6.54. The van der Waals surface area contributed by atoms with Crippen molar-refractivity contribution < 1.29 is 24.0 Å². The van der Waals surface area contributed by atoms with Crippen LogP contribution in [0.4, 0.5) is 0 Å². The molecule has 12 nitrogen and oxygen atoms in total. The summed E-state index contributed by atoms with van der Waals surface area (Å²) in [6, 6.07) is 0. The van der Waals surface area contributed by atoms with Gasteiger partial charge in [-0.25, -0.2) is 4.98 Å². The zero-order valence-electron chi connectivity index (χ0n) is 16.4. The molecule has 2 aromatic heterocycles. The van der Waals surface area contributed by atoms with E-state index >= 15 is 0 Å². The molecule has 0 bridgehead atoms. The van der Waals surface area contributed by atoms with Gasteiger partial charge in [0.2, 0.25) is 5.89 Å². The highest BCUT2D eigenvalue weighted by Crippen LogP contribution is 2.18. The largest absolute Gasteiger partial charge is 0.483 e. The third kappa shape index (κ3) is 6.38. The van der Waals surface area contributed by atoms with Crippen molar-refractivity contribution in [2.45, 2.75) is 19.4 Å². The summed E-state index contributed by atoms with van der Waals surface area (Å²) >= 11 is 0. The van der Waals surface area contributed by atoms with Crippen molar-refractivity contribution in [3.63, 3.8) is 0 Å². The van der Waals surface area contributed by atoms with E-state index in [-0.39, 0.29) is 24.1 Å². The molecule has 0 aromatic carbocycles. The Hall–Kier alpha value is -3.28. The van der Waals surface area contributed by atoms with Crippen molar-refractivity contribution in [2.75, 3.05) is 26.7 Å². The molecule has 2 amide bonds. The van der Waals surface area contributed by atoms with Crippen molar-refractivity contribution in [3.05, 3.63) is 29.9 Å². The monoisotopic (exact) mass is 407 g/mol. The predicted molar refractivity (Wildman–Crippen MR) is 99.9 cm³/mol. The van der Waals surface area contributed by atoms with Gasteiger partial charge in [0, 0.05) is 27.2 Å². The number of piperidine rings is 1. The van der Waals surface area contributed by atoms with Crippen LogP contribution in [0.2, 0.25) is 0 Å². The molecule has 1 fully saturated rings. The molecule has 3 rings (SSSR count). The summed E-state index contributed by atoms with van der Waals surface area (Å²) in [7, 11) is 3.31. The standard InChI is InChI=1S/C16H23N7O3.CH2O2/c1-17-16(25)14-20-13(26-21-14)9-23-5-3-4-11(8-23)6-19-15(24)12-7-18-10-22(12)2;2-1-3/h7,10-11H,3-6,8-9H2,1-2H3,(H,17,25)(H,19,24);1H,(H,2,3). The number of carboxylic acid groups (broad SMARTS) is 1. The Morgan fingerprint density at radius 3 is 2.83 bits per heavy atom. The lowest BCUT2D eigenvalue weighted by atomic mass is 9.98. The van der Waals surface area contributed by atoms with E-state index < -0.39 is 0 Å². The molecule has 1 atom stereocenters. The van der Waals surface area contributed by atoms with Crippen LogP contribution in [0.25, 0.3) is 0 Å². The van der Waals surface area contributed by atoms with E-state index in [0.29, 0.717) is 30.6 Å². The number of rotatable bonds is 6. The maximum Gasteiger partial charge on any atom is 0.292 e. The Morgan fingerprint density at radius 1 is 1.41 bits per heavy atom. The summed E-state index contributed by atoms with van der Waals surface area (Å²) in [5.41, 5.74) is 0.547. The highest BCUT2D eigenvalue weighted by atomic mass is 16.5. The Bertz CT molecular complexity index is 819. The normalized spacial score (nSPS) is 16.4. The maximum atomic E-state index is 12.2. The topological polar surface area (TPSA) is 155 Å². The molecule has 1 aliphatic heterocycles. The number of amides is 2. The fourth-order valence-corrected chi connectivity index (χ4v) is 3.08. The number of carbonyl (C=O) groups excluding carboxylic acids is 2. The van der Waals surface area contributed by atoms with Gasteiger partial charge in [-0.2, -0.15) is 4.98 Å². The van der Waals surface area contributed by atoms with E-state index in [1.54, 1.807) is 24.1 Å². The van der Waals surface area contributed by atoms with E-state index in [9.17, 15) is 9.59 Å². The second kappa shape index (κ2) is 10.9. The van der Waals surface area contributed by atoms with E-state index in [4.69, 9.17) is 14.4 Å². The molecule has 0 aliphatic carbocycles. The van der Waals surface area contributed by atoms with Crippen LogP contribution in [0.1, 0.15) is 39.8 Å². The molecule has 2 aromatic rings. The molecule has 3 heterocycles. The lowest BCUT2D eigenvalue weighted by Crippen LogP contribution is -2.40. The van der Waals surface area contributed by atoms with Crippen LogP contribution < -0.4 is 10.6 Å². The van der Waals surface area contributed by atoms with Gasteiger partial charge in [0.1, 0.15) is 5.69 Å². The number of aromatic nitrogens is 4. The molecule has 12 heteroatoms. The fraction of sp³-hybridized carbons (Fsp3) is 0.529. The van der Waals surface area contributed by atoms with Gasteiger partial charge < -0.3 is 24.8 Å². The van der Waals surface area contributed by atoms with Crippen LogP contribution in [0, 0.1) is 5.92 Å². The molecule has 0 spiro atoms. The number of carbonyl (C=O) groups is 3. The van der Waals surface area contributed by atoms with Gasteiger partial charge in [-0.1, -0.05) is 5.16 Å². The highest BCUT2D eigenvalue weighted by molar-refractivity contribution is 5.92. The second-order valence-corrected chi connectivity index (χ2v) is 6.54. The first-order valence-electron chi connectivity index (χ1n) is 9.07. The van der Waals surface area contributed by atoms with Crippen LogP contribution in [0.5, 0.6) is 0 Å². The van der Waals surface area contributed by atoms with Gasteiger partial charge in [-0.05, 0) is 25.3 Å². The lowest BCUT2D eigenvalue weighted by molar-refractivity contribution is -0.122. The Kier molecular flexibility index (Phi) is 8.27. The number of hydrogen-bond acceptors (Lipinski definition) is 8. The molecule has 158 valence electrons. The van der Waals surface area contributed by atoms with E-state index in [2.05, 4.69) is 30.7 Å². The third-order valence-corrected chi connectivity index (χ3v) is 4.46. The molecular formula is C17H25N7O5. The van der Waals surface area contributed by atoms with Gasteiger partial charge in [0.05, 0.1) is 19.1 Å². The number of hydrogen-bond donors (Lipinski definition) is 3. The zero-order chi connectivity index (χ0) is 21.2. The van der Waals surface area contributed by atoms with Crippen molar-refractivity contribution >= 4 is 18.3 Å². The third-order valence-electron chi connectivity index (χ3n) is 4.46. The lowest BCUT2D eigenvalue weighted by Gasteiger charge is -2.31. The van der Waals surface area contributed by atoms with Gasteiger partial charge in [-0.15, -0.1) is 0 Å². The molecule has 3 N–H and O–H groups in total. The molecule has 1 aliphatic rings. The molecule has 29 heavy (non-hydrogen) atoms. The summed E-state index contributed by atoms with van der Waals surface area (Å²) in [5, 5.41) is 16.0. The fourth-order valence-electron chi connectivity index (χ4n) is 3.08. The minimum atomic E-state index is -0.366. The van der Waals surface area contributed by atoms with Crippen LogP contribution >= 0.6 is 0 Å². The van der Waals surface area contributed by atoms with Crippen molar-refractivity contribution in [2.24, 2.45) is 13.0 Å². The smallest absolute Gasteiger partial charge is 0.292 e. The Labute approximate surface area is 167 Å². The van der Waals surface area contributed by atoms with Crippen molar-refractivity contribution in [1.82, 2.24) is 35.2 Å². The minimum absolute atomic E-state index is 0.0412. The van der Waals surface area contributed by atoms with E-state index in [1.807, 2.05) is 0 Å². The van der Waals surface area contributed by atoms with E-state index in [0.717, 1.165) is 25.9 Å². The Morgan fingerprint density at radius 2 is 2.17 bits per heavy atom. The molecule has 0 saturated carbocycles. The van der Waals surface area contributed by atoms with Gasteiger partial charge >= 0.3 is 0 Å². The number of imidazole rings is 1. The summed E-state index contributed by atoms with van der Waals surface area (Å²) in [6.07, 6.45) is 5.25. The van der Waals surface area contributed by atoms with Crippen LogP contribution in [-0.2, 0) is 18.4 Å². The van der Waals surface area contributed by atoms with Crippen LogP contribution in [0.3, 0.4) is 0 Å². The maximum absolute atomic E-state index is 12.2. The zero-order valence-corrected chi connectivity index (χ0v) is 16.4. The molecule has 1 saturated heterocycles. The summed E-state index contributed by atoms with van der Waals surface area (Å²) in [5.74, 6) is 0.327. The molecule has 1 unspecified atom stereocenters. The highest BCUT2D eigenvalue weighted by Gasteiger charge is 2.23. The summed E-state index contributed by atoms with van der Waals surface area (Å²) < 4.78 is 6.84. The summed E-state index contributed by atoms with van der Waals surface area (Å²) in [6.45, 7) is 2.59. The SMILES string of the molecule is CNC(=O)c1noc(CN2CCCC(CNC(=O)c3cncn3C)C2)n1.O=CO. The van der Waals surface area contributed by atoms with Crippen molar-refractivity contribution in [1.29, 1.82) is 0 Å². The summed E-state index contributed by atoms with van der Waals surface area (Å²) in [4.78, 5) is 42.3. The van der Waals surface area contributed by atoms with Gasteiger partial charge in [-0.3, -0.25) is 19.3 Å². The minimum Gasteiger partial charge on any atom is -0.483 e.